The Hall–Kier alpha value is -1.81. The molecule has 0 bridgehead atoms. The number of fused-ring (bicyclic) bond motifs is 1. The van der Waals surface area contributed by atoms with Crippen molar-refractivity contribution in [2.45, 2.75) is 19.4 Å². The number of thiophene rings is 1. The Morgan fingerprint density at radius 1 is 1.12 bits per heavy atom. The minimum Gasteiger partial charge on any atom is -0.327 e. The smallest absolute Gasteiger partial charge is 0.254 e. The fraction of sp³-hybridized carbons (Fsp3) is 0.190. The lowest BCUT2D eigenvalue weighted by molar-refractivity contribution is 0.0695. The van der Waals surface area contributed by atoms with E-state index in [4.69, 9.17) is 23.2 Å². The predicted molar refractivity (Wildman–Crippen MR) is 109 cm³/mol. The largest absolute Gasteiger partial charge is 0.327 e. The van der Waals surface area contributed by atoms with Gasteiger partial charge < -0.3 is 4.90 Å². The molecule has 3 aromatic rings. The topological polar surface area (TPSA) is 20.3 Å². The quantitative estimate of drug-likeness (QED) is 0.503. The summed E-state index contributed by atoms with van der Waals surface area (Å²) in [5.41, 5.74) is 3.79. The maximum atomic E-state index is 13.4. The third-order valence-electron chi connectivity index (χ3n) is 4.86. The van der Waals surface area contributed by atoms with Crippen LogP contribution >= 0.6 is 34.5 Å². The van der Waals surface area contributed by atoms with E-state index in [-0.39, 0.29) is 11.9 Å². The Bertz CT molecular complexity index is 982. The predicted octanol–water partition coefficient (Wildman–Crippen LogP) is 6.15. The number of carbonyl (C=O) groups is 1. The molecule has 1 atom stereocenters. The van der Waals surface area contributed by atoms with Crippen molar-refractivity contribution in [2.24, 2.45) is 0 Å². The second-order valence-corrected chi connectivity index (χ2v) is 8.28. The molecular formula is C21H17Cl2NOS. The van der Waals surface area contributed by atoms with Gasteiger partial charge in [-0.25, -0.2) is 0 Å². The third kappa shape index (κ3) is 3.05. The van der Waals surface area contributed by atoms with Crippen molar-refractivity contribution < 1.29 is 4.79 Å². The summed E-state index contributed by atoms with van der Waals surface area (Å²) in [5.74, 6) is 0.0379. The molecule has 1 amide bonds. The summed E-state index contributed by atoms with van der Waals surface area (Å²) >= 11 is 14.4. The first-order valence-corrected chi connectivity index (χ1v) is 10.1. The fourth-order valence-corrected chi connectivity index (χ4v) is 4.98. The molecule has 5 heteroatoms. The Balaban J connectivity index is 1.83. The summed E-state index contributed by atoms with van der Waals surface area (Å²) in [6, 6.07) is 15.1. The number of halogens is 2. The molecule has 2 aromatic carbocycles. The number of hydrogen-bond acceptors (Lipinski definition) is 2. The number of benzene rings is 2. The second-order valence-electron chi connectivity index (χ2n) is 6.43. The first-order valence-electron chi connectivity index (χ1n) is 8.44. The number of rotatable bonds is 2. The van der Waals surface area contributed by atoms with Gasteiger partial charge in [-0.1, -0.05) is 47.5 Å². The summed E-state index contributed by atoms with van der Waals surface area (Å²) in [5, 5.41) is 3.27. The molecule has 0 radical (unpaired) electrons. The van der Waals surface area contributed by atoms with Crippen molar-refractivity contribution in [3.63, 3.8) is 0 Å². The van der Waals surface area contributed by atoms with E-state index in [9.17, 15) is 4.79 Å². The highest BCUT2D eigenvalue weighted by atomic mass is 35.5. The Labute approximate surface area is 167 Å². The number of aryl methyl sites for hydroxylation is 1. The van der Waals surface area contributed by atoms with Crippen LogP contribution in [0.25, 0.3) is 0 Å². The molecule has 2 heterocycles. The lowest BCUT2D eigenvalue weighted by Crippen LogP contribution is -2.40. The molecule has 0 spiro atoms. The van der Waals surface area contributed by atoms with Crippen LogP contribution in [0.3, 0.4) is 0 Å². The van der Waals surface area contributed by atoms with E-state index in [1.165, 1.54) is 4.88 Å². The summed E-state index contributed by atoms with van der Waals surface area (Å²) in [6.45, 7) is 2.64. The van der Waals surface area contributed by atoms with Crippen LogP contribution in [0, 0.1) is 6.92 Å². The molecule has 2 nitrogen and oxygen atoms in total. The lowest BCUT2D eigenvalue weighted by atomic mass is 9.92. The first kappa shape index (κ1) is 17.6. The molecule has 0 fully saturated rings. The molecule has 4 rings (SSSR count). The number of nitrogens with zero attached hydrogens (tertiary/aromatic N) is 1. The van der Waals surface area contributed by atoms with Crippen molar-refractivity contribution in [1.29, 1.82) is 0 Å². The van der Waals surface area contributed by atoms with E-state index < -0.39 is 0 Å². The standard InChI is InChI=1S/C21H17Cl2NOS/c1-13-4-2-3-5-15(13)21(25)24-10-8-19-17(9-11-26-19)20(24)16-7-6-14(22)12-18(16)23/h2-7,9,11-12,20H,8,10H2,1H3/t20-/m1/s1. The van der Waals surface area contributed by atoms with Gasteiger partial charge in [-0.05, 0) is 59.7 Å². The highest BCUT2D eigenvalue weighted by molar-refractivity contribution is 7.10. The normalized spacial score (nSPS) is 16.4. The monoisotopic (exact) mass is 401 g/mol. The first-order chi connectivity index (χ1) is 12.6. The van der Waals surface area contributed by atoms with Crippen LogP contribution in [0.2, 0.25) is 10.0 Å². The fourth-order valence-electron chi connectivity index (χ4n) is 3.56. The van der Waals surface area contributed by atoms with Gasteiger partial charge >= 0.3 is 0 Å². The summed E-state index contributed by atoms with van der Waals surface area (Å²) in [4.78, 5) is 16.6. The Morgan fingerprint density at radius 2 is 1.92 bits per heavy atom. The van der Waals surface area contributed by atoms with Gasteiger partial charge in [-0.2, -0.15) is 0 Å². The van der Waals surface area contributed by atoms with Crippen molar-refractivity contribution in [2.75, 3.05) is 6.54 Å². The SMILES string of the molecule is Cc1ccccc1C(=O)N1CCc2sccc2[C@H]1c1ccc(Cl)cc1Cl. The molecule has 26 heavy (non-hydrogen) atoms. The molecule has 0 saturated heterocycles. The Kier molecular flexibility index (Phi) is 4.78. The average Bonchev–Trinajstić information content (AvgIpc) is 3.10. The molecule has 1 aliphatic rings. The van der Waals surface area contributed by atoms with Crippen LogP contribution in [0.1, 0.15) is 38.0 Å². The number of hydrogen-bond donors (Lipinski definition) is 0. The van der Waals surface area contributed by atoms with Crippen LogP contribution in [0.15, 0.2) is 53.9 Å². The van der Waals surface area contributed by atoms with Crippen molar-refractivity contribution in [3.8, 4) is 0 Å². The van der Waals surface area contributed by atoms with Gasteiger partial charge in [-0.3, -0.25) is 4.79 Å². The van der Waals surface area contributed by atoms with Gasteiger partial charge in [0.1, 0.15) is 0 Å². The molecule has 0 unspecified atom stereocenters. The van der Waals surface area contributed by atoms with Crippen molar-refractivity contribution in [1.82, 2.24) is 4.90 Å². The van der Waals surface area contributed by atoms with Crippen LogP contribution in [-0.4, -0.2) is 17.4 Å². The molecule has 0 saturated carbocycles. The van der Waals surface area contributed by atoms with Gasteiger partial charge in [0.15, 0.2) is 0 Å². The number of amides is 1. The molecule has 132 valence electrons. The molecule has 0 N–H and O–H groups in total. The maximum absolute atomic E-state index is 13.4. The number of carbonyl (C=O) groups excluding carboxylic acids is 1. The van der Waals surface area contributed by atoms with Gasteiger partial charge in [0.05, 0.1) is 6.04 Å². The van der Waals surface area contributed by atoms with E-state index in [0.717, 1.165) is 28.7 Å². The zero-order valence-electron chi connectivity index (χ0n) is 14.2. The molecule has 1 aliphatic heterocycles. The lowest BCUT2D eigenvalue weighted by Gasteiger charge is -2.37. The molecule has 0 aliphatic carbocycles. The average molecular weight is 402 g/mol. The Morgan fingerprint density at radius 3 is 2.69 bits per heavy atom. The van der Waals surface area contributed by atoms with Crippen LogP contribution < -0.4 is 0 Å². The zero-order chi connectivity index (χ0) is 18.3. The second kappa shape index (κ2) is 7.07. The van der Waals surface area contributed by atoms with E-state index in [1.807, 2.05) is 48.2 Å². The zero-order valence-corrected chi connectivity index (χ0v) is 16.5. The highest BCUT2D eigenvalue weighted by Crippen LogP contribution is 2.41. The summed E-state index contributed by atoms with van der Waals surface area (Å²) < 4.78 is 0. The molecular weight excluding hydrogens is 385 g/mol. The third-order valence-corrected chi connectivity index (χ3v) is 6.42. The maximum Gasteiger partial charge on any atom is 0.254 e. The summed E-state index contributed by atoms with van der Waals surface area (Å²) in [7, 11) is 0. The van der Waals surface area contributed by atoms with Gasteiger partial charge in [0.25, 0.3) is 5.91 Å². The van der Waals surface area contributed by atoms with E-state index in [1.54, 1.807) is 17.4 Å². The molecule has 1 aromatic heterocycles. The minimum atomic E-state index is -0.193. The van der Waals surface area contributed by atoms with Crippen LogP contribution in [0.4, 0.5) is 0 Å². The van der Waals surface area contributed by atoms with Crippen LogP contribution in [-0.2, 0) is 6.42 Å². The van der Waals surface area contributed by atoms with Crippen molar-refractivity contribution >= 4 is 40.4 Å². The summed E-state index contributed by atoms with van der Waals surface area (Å²) in [6.07, 6.45) is 0.867. The van der Waals surface area contributed by atoms with Gasteiger partial charge in [0.2, 0.25) is 0 Å². The van der Waals surface area contributed by atoms with E-state index >= 15 is 0 Å². The van der Waals surface area contributed by atoms with Crippen LogP contribution in [0.5, 0.6) is 0 Å². The van der Waals surface area contributed by atoms with E-state index in [0.29, 0.717) is 16.6 Å². The van der Waals surface area contributed by atoms with E-state index in [2.05, 4.69) is 11.4 Å². The minimum absolute atomic E-state index is 0.0379. The van der Waals surface area contributed by atoms with Gasteiger partial charge in [0, 0.05) is 27.0 Å². The highest BCUT2D eigenvalue weighted by Gasteiger charge is 2.34. The van der Waals surface area contributed by atoms with Crippen molar-refractivity contribution in [3.05, 3.63) is 91.1 Å². The van der Waals surface area contributed by atoms with Gasteiger partial charge in [-0.15, -0.1) is 11.3 Å².